The summed E-state index contributed by atoms with van der Waals surface area (Å²) < 4.78 is 1.43. The summed E-state index contributed by atoms with van der Waals surface area (Å²) in [6.07, 6.45) is -0.0984. The van der Waals surface area contributed by atoms with Gasteiger partial charge in [0.05, 0.1) is 0 Å². The predicted octanol–water partition coefficient (Wildman–Crippen LogP) is -1.63. The van der Waals surface area contributed by atoms with Crippen LogP contribution in [0.1, 0.15) is 19.3 Å². The first-order valence-electron chi connectivity index (χ1n) is 9.21. The number of carbonyl (C=O) groups is 5. The molecule has 3 amide bonds. The minimum Gasteiger partial charge on any atom is -0.481 e. The van der Waals surface area contributed by atoms with Gasteiger partial charge in [0, 0.05) is 31.4 Å². The number of carboxylic acids is 2. The maximum atomic E-state index is 13.0. The van der Waals surface area contributed by atoms with Crippen LogP contribution in [0.15, 0.2) is 16.4 Å². The lowest BCUT2D eigenvalue weighted by atomic mass is 9.95. The monoisotopic (exact) mass is 485 g/mol. The van der Waals surface area contributed by atoms with E-state index in [0.717, 1.165) is 4.90 Å². The molecule has 2 aliphatic rings. The molecule has 0 radical (unpaired) electrons. The summed E-state index contributed by atoms with van der Waals surface area (Å²) >= 11 is 2.39. The highest BCUT2D eigenvalue weighted by Crippen LogP contribution is 2.45. The molecule has 3 rings (SSSR count). The predicted molar refractivity (Wildman–Crippen MR) is 109 cm³/mol. The Kier molecular flexibility index (Phi) is 7.02. The van der Waals surface area contributed by atoms with Crippen LogP contribution in [0.3, 0.4) is 0 Å². The van der Waals surface area contributed by atoms with Gasteiger partial charge in [-0.3, -0.25) is 24.1 Å². The number of hydrogen-bond acceptors (Lipinski definition) is 10. The van der Waals surface area contributed by atoms with Crippen LogP contribution >= 0.6 is 23.5 Å². The van der Waals surface area contributed by atoms with Crippen LogP contribution in [-0.4, -0.2) is 88.0 Å². The molecule has 16 heteroatoms. The molecule has 1 unspecified atom stereocenters. The molecule has 0 aromatic carbocycles. The van der Waals surface area contributed by atoms with Crippen LogP contribution in [0.4, 0.5) is 0 Å². The van der Waals surface area contributed by atoms with Crippen molar-refractivity contribution in [3.63, 3.8) is 0 Å². The zero-order valence-corrected chi connectivity index (χ0v) is 18.3. The Morgan fingerprint density at radius 3 is 2.69 bits per heavy atom. The number of aromatic nitrogens is 4. The molecule has 1 aromatic heterocycles. The summed E-state index contributed by atoms with van der Waals surface area (Å²) in [7, 11) is 1.64. The largest absolute Gasteiger partial charge is 0.481 e. The van der Waals surface area contributed by atoms with Crippen LogP contribution in [0.2, 0.25) is 0 Å². The Labute approximate surface area is 189 Å². The molecule has 2 atom stereocenters. The molecule has 14 nitrogen and oxygen atoms in total. The minimum absolute atomic E-state index is 0.0482. The van der Waals surface area contributed by atoms with Crippen molar-refractivity contribution in [3.8, 4) is 0 Å². The third-order valence-electron chi connectivity index (χ3n) is 4.73. The highest BCUT2D eigenvalue weighted by molar-refractivity contribution is 8.01. The lowest BCUT2D eigenvalue weighted by molar-refractivity contribution is -0.162. The van der Waals surface area contributed by atoms with Crippen LogP contribution < -0.4 is 10.6 Å². The fourth-order valence-electron chi connectivity index (χ4n) is 3.29. The van der Waals surface area contributed by atoms with E-state index in [9.17, 15) is 29.1 Å². The number of aryl methyl sites for hydroxylation is 1. The van der Waals surface area contributed by atoms with Gasteiger partial charge in [0.15, 0.2) is 0 Å². The van der Waals surface area contributed by atoms with Gasteiger partial charge in [-0.2, -0.15) is 0 Å². The van der Waals surface area contributed by atoms with Crippen molar-refractivity contribution in [2.75, 3.05) is 11.5 Å². The highest BCUT2D eigenvalue weighted by Gasteiger charge is 2.65. The van der Waals surface area contributed by atoms with Gasteiger partial charge in [0.1, 0.15) is 11.1 Å². The van der Waals surface area contributed by atoms with Gasteiger partial charge >= 0.3 is 11.9 Å². The maximum absolute atomic E-state index is 13.0. The van der Waals surface area contributed by atoms with Crippen molar-refractivity contribution >= 4 is 53.7 Å². The van der Waals surface area contributed by atoms with Gasteiger partial charge < -0.3 is 20.8 Å². The Hall–Kier alpha value is -3.14. The zero-order chi connectivity index (χ0) is 23.5. The average molecular weight is 486 g/mol. The SMILES string of the molecule is Cn1nnnc1SCC1=C(C(=O)O)N2C(=O)C(NC=O)(NC(=O)CCCC(=O)O)[C@H]2SC1. The highest BCUT2D eigenvalue weighted by atomic mass is 32.2. The normalized spacial score (nSPS) is 22.1. The van der Waals surface area contributed by atoms with Crippen molar-refractivity contribution in [2.24, 2.45) is 7.05 Å². The van der Waals surface area contributed by atoms with Crippen LogP contribution in [-0.2, 0) is 31.0 Å². The fourth-order valence-corrected chi connectivity index (χ4v) is 5.70. The van der Waals surface area contributed by atoms with Gasteiger partial charge in [-0.15, -0.1) is 16.9 Å². The molecule has 0 saturated carbocycles. The number of carbonyl (C=O) groups excluding carboxylic acids is 3. The summed E-state index contributed by atoms with van der Waals surface area (Å²) in [6, 6.07) is 0. The number of carboxylic acid groups (broad SMARTS) is 2. The van der Waals surface area contributed by atoms with Crippen LogP contribution in [0, 0.1) is 0 Å². The second-order valence-corrected chi connectivity index (χ2v) is 8.85. The van der Waals surface area contributed by atoms with E-state index in [1.54, 1.807) is 7.05 Å². The number of hydrogen-bond donors (Lipinski definition) is 4. The number of rotatable bonds is 11. The van der Waals surface area contributed by atoms with E-state index in [-0.39, 0.29) is 42.9 Å². The second-order valence-electron chi connectivity index (χ2n) is 6.84. The molecule has 172 valence electrons. The third-order valence-corrected chi connectivity index (χ3v) is 7.22. The Morgan fingerprint density at radius 2 is 2.09 bits per heavy atom. The van der Waals surface area contributed by atoms with E-state index < -0.39 is 34.8 Å². The van der Waals surface area contributed by atoms with Crippen molar-refractivity contribution in [2.45, 2.75) is 35.5 Å². The number of tetrazole rings is 1. The van der Waals surface area contributed by atoms with Crippen molar-refractivity contribution in [1.82, 2.24) is 35.7 Å². The number of amides is 3. The summed E-state index contributed by atoms with van der Waals surface area (Å²) in [5.41, 5.74) is -1.56. The smallest absolute Gasteiger partial charge is 0.352 e. The maximum Gasteiger partial charge on any atom is 0.352 e. The average Bonchev–Trinajstić information content (AvgIpc) is 3.15. The van der Waals surface area contributed by atoms with Crippen molar-refractivity contribution < 1.29 is 34.2 Å². The van der Waals surface area contributed by atoms with E-state index in [1.165, 1.54) is 28.2 Å². The first kappa shape index (κ1) is 23.5. The molecule has 0 bridgehead atoms. The lowest BCUT2D eigenvalue weighted by Crippen LogP contribution is -2.85. The van der Waals surface area contributed by atoms with Crippen molar-refractivity contribution in [3.05, 3.63) is 11.3 Å². The van der Waals surface area contributed by atoms with E-state index in [4.69, 9.17) is 5.11 Å². The fraction of sp³-hybridized carbons (Fsp3) is 0.500. The van der Waals surface area contributed by atoms with Gasteiger partial charge in [0.2, 0.25) is 23.1 Å². The number of β-lactam (4-membered cyclic amide) rings is 1. The number of nitrogens with one attached hydrogen (secondary N) is 2. The Balaban J connectivity index is 1.78. The van der Waals surface area contributed by atoms with Gasteiger partial charge in [-0.05, 0) is 22.4 Å². The number of fused-ring (bicyclic) bond motifs is 1. The molecule has 1 saturated heterocycles. The molecular weight excluding hydrogens is 466 g/mol. The first-order chi connectivity index (χ1) is 15.2. The third kappa shape index (κ3) is 4.40. The molecular formula is C16H19N7O7S2. The molecule has 0 spiro atoms. The van der Waals surface area contributed by atoms with E-state index in [2.05, 4.69) is 26.2 Å². The molecule has 32 heavy (non-hydrogen) atoms. The summed E-state index contributed by atoms with van der Waals surface area (Å²) in [4.78, 5) is 60.1. The van der Waals surface area contributed by atoms with Crippen molar-refractivity contribution in [1.29, 1.82) is 0 Å². The van der Waals surface area contributed by atoms with Crippen LogP contribution in [0.5, 0.6) is 0 Å². The molecule has 4 N–H and O–H groups in total. The molecule has 3 heterocycles. The zero-order valence-electron chi connectivity index (χ0n) is 16.7. The number of aliphatic carboxylic acids is 2. The first-order valence-corrected chi connectivity index (χ1v) is 11.2. The van der Waals surface area contributed by atoms with E-state index >= 15 is 0 Å². The second kappa shape index (κ2) is 9.56. The van der Waals surface area contributed by atoms with Gasteiger partial charge in [-0.25, -0.2) is 9.48 Å². The van der Waals surface area contributed by atoms with Gasteiger partial charge in [0.25, 0.3) is 5.91 Å². The van der Waals surface area contributed by atoms with E-state index in [0.29, 0.717) is 10.7 Å². The lowest BCUT2D eigenvalue weighted by Gasteiger charge is -2.56. The summed E-state index contributed by atoms with van der Waals surface area (Å²) in [5, 5.41) is 33.9. The topological polar surface area (TPSA) is 197 Å². The molecule has 2 aliphatic heterocycles. The molecule has 1 aromatic rings. The van der Waals surface area contributed by atoms with E-state index in [1.807, 2.05) is 0 Å². The summed E-state index contributed by atoms with van der Waals surface area (Å²) in [5.74, 6) is -3.37. The number of nitrogens with zero attached hydrogens (tertiary/aromatic N) is 5. The minimum atomic E-state index is -1.81. The quantitative estimate of drug-likeness (QED) is 0.121. The standard InChI is InChI=1S/C16H19N7O7S2/c1-22-15(19-20-21-22)32-6-8-5-31-14-16(17-7-24,13(30)23(14)11(8)12(28)29)18-9(25)3-2-4-10(26)27/h7,14H,2-6H2,1H3,(H,17,24)(H,18,25)(H,26,27)(H,28,29)/t14-,16?/m1/s1. The molecule has 0 aliphatic carbocycles. The Bertz CT molecular complexity index is 997. The summed E-state index contributed by atoms with van der Waals surface area (Å²) in [6.45, 7) is 0. The van der Waals surface area contributed by atoms with Crippen LogP contribution in [0.25, 0.3) is 0 Å². The van der Waals surface area contributed by atoms with Gasteiger partial charge in [-0.1, -0.05) is 11.8 Å². The number of thioether (sulfide) groups is 2. The Morgan fingerprint density at radius 1 is 1.34 bits per heavy atom. The molecule has 1 fully saturated rings.